The molecule has 1 heterocycles. The molecular formula is C22H27Cl2FN2O2. The third-order valence-electron chi connectivity index (χ3n) is 5.32. The van der Waals surface area contributed by atoms with E-state index in [9.17, 15) is 9.18 Å². The monoisotopic (exact) mass is 440 g/mol. The number of benzene rings is 1. The van der Waals surface area contributed by atoms with E-state index in [0.717, 1.165) is 11.3 Å². The number of carbonyl (C=O) groups is 1. The van der Waals surface area contributed by atoms with Crippen molar-refractivity contribution >= 4 is 34.8 Å². The molecule has 1 saturated heterocycles. The lowest BCUT2D eigenvalue weighted by atomic mass is 9.95. The summed E-state index contributed by atoms with van der Waals surface area (Å²) >= 11 is 12.2. The van der Waals surface area contributed by atoms with Gasteiger partial charge in [-0.1, -0.05) is 42.3 Å². The van der Waals surface area contributed by atoms with E-state index in [0.29, 0.717) is 62.1 Å². The van der Waals surface area contributed by atoms with Crippen LogP contribution in [0.4, 0.5) is 10.1 Å². The zero-order valence-electron chi connectivity index (χ0n) is 16.7. The van der Waals surface area contributed by atoms with Crippen molar-refractivity contribution in [1.82, 2.24) is 4.90 Å². The van der Waals surface area contributed by atoms with Gasteiger partial charge >= 0.3 is 0 Å². The van der Waals surface area contributed by atoms with Crippen LogP contribution in [0.15, 0.2) is 41.8 Å². The minimum atomic E-state index is -0.0188. The summed E-state index contributed by atoms with van der Waals surface area (Å²) in [7, 11) is 0. The molecule has 2 aliphatic rings. The number of amides is 1. The number of piperazine rings is 1. The first-order valence-electron chi connectivity index (χ1n) is 10.1. The van der Waals surface area contributed by atoms with Gasteiger partial charge in [-0.15, -0.1) is 0 Å². The van der Waals surface area contributed by atoms with Crippen LogP contribution >= 0.6 is 23.2 Å². The number of nitrogens with zero attached hydrogens (tertiary/aromatic N) is 2. The van der Waals surface area contributed by atoms with E-state index in [1.807, 2.05) is 36.1 Å². The molecule has 1 fully saturated rings. The van der Waals surface area contributed by atoms with Gasteiger partial charge in [0.1, 0.15) is 12.4 Å². The van der Waals surface area contributed by atoms with Gasteiger partial charge in [-0.25, -0.2) is 4.39 Å². The summed E-state index contributed by atoms with van der Waals surface area (Å²) in [5.41, 5.74) is 1.70. The Morgan fingerprint density at radius 2 is 2.00 bits per heavy atom. The van der Waals surface area contributed by atoms with E-state index in [2.05, 4.69) is 4.90 Å². The van der Waals surface area contributed by atoms with Crippen molar-refractivity contribution in [2.75, 3.05) is 44.3 Å². The second-order valence-electron chi connectivity index (χ2n) is 7.59. The van der Waals surface area contributed by atoms with Crippen LogP contribution in [-0.2, 0) is 9.53 Å². The van der Waals surface area contributed by atoms with Gasteiger partial charge in [0, 0.05) is 44.2 Å². The normalized spacial score (nSPS) is 19.8. The highest BCUT2D eigenvalue weighted by Crippen LogP contribution is 2.29. The van der Waals surface area contributed by atoms with Gasteiger partial charge in [0.05, 0.1) is 10.7 Å². The maximum Gasteiger partial charge on any atom is 0.248 e. The third kappa shape index (κ3) is 6.21. The molecule has 0 bridgehead atoms. The van der Waals surface area contributed by atoms with Gasteiger partial charge in [-0.3, -0.25) is 4.79 Å². The van der Waals surface area contributed by atoms with E-state index < -0.39 is 0 Å². The van der Waals surface area contributed by atoms with Gasteiger partial charge < -0.3 is 14.5 Å². The molecule has 1 aliphatic carbocycles. The highest BCUT2D eigenvalue weighted by atomic mass is 35.5. The van der Waals surface area contributed by atoms with Crippen LogP contribution in [0.2, 0.25) is 10.0 Å². The van der Waals surface area contributed by atoms with Crippen molar-refractivity contribution in [2.24, 2.45) is 5.92 Å². The van der Waals surface area contributed by atoms with Gasteiger partial charge in [0.25, 0.3) is 0 Å². The Morgan fingerprint density at radius 3 is 2.69 bits per heavy atom. The first-order valence-corrected chi connectivity index (χ1v) is 10.8. The highest BCUT2D eigenvalue weighted by molar-refractivity contribution is 6.36. The molecule has 1 aliphatic heterocycles. The predicted octanol–water partition coefficient (Wildman–Crippen LogP) is 5.26. The minimum absolute atomic E-state index is 0.0105. The first kappa shape index (κ1) is 22.1. The number of rotatable bonds is 7. The van der Waals surface area contributed by atoms with Crippen LogP contribution in [-0.4, -0.2) is 50.2 Å². The summed E-state index contributed by atoms with van der Waals surface area (Å²) in [5, 5.41) is 1.23. The molecule has 0 aromatic heterocycles. The molecule has 1 atom stereocenters. The van der Waals surface area contributed by atoms with E-state index in [4.69, 9.17) is 27.9 Å². The zero-order valence-corrected chi connectivity index (χ0v) is 18.2. The molecule has 1 aromatic carbocycles. The van der Waals surface area contributed by atoms with Crippen LogP contribution in [0, 0.1) is 5.92 Å². The molecule has 7 heteroatoms. The van der Waals surface area contributed by atoms with Crippen molar-refractivity contribution < 1.29 is 13.9 Å². The number of carbonyl (C=O) groups excluding carboxylic acids is 1. The van der Waals surface area contributed by atoms with Crippen molar-refractivity contribution in [3.05, 3.63) is 51.8 Å². The van der Waals surface area contributed by atoms with Gasteiger partial charge in [-0.05, 0) is 42.5 Å². The standard InChI is InChI=1S/C22H27Cl2FN2O2/c1-16-4-5-17(20(25)13-16)3-2-12-29-15-22(28)27-10-8-26(9-11-27)21-7-6-18(23)14-19(21)24/h4-7,14,16H,2-3,8-13,15H2,1H3. The Bertz CT molecular complexity index is 789. The minimum Gasteiger partial charge on any atom is -0.372 e. The van der Waals surface area contributed by atoms with Crippen molar-refractivity contribution in [3.63, 3.8) is 0 Å². The summed E-state index contributed by atoms with van der Waals surface area (Å²) in [6, 6.07) is 5.46. The largest absolute Gasteiger partial charge is 0.372 e. The zero-order chi connectivity index (χ0) is 20.8. The van der Waals surface area contributed by atoms with Crippen molar-refractivity contribution in [3.8, 4) is 0 Å². The van der Waals surface area contributed by atoms with Gasteiger partial charge in [-0.2, -0.15) is 0 Å². The summed E-state index contributed by atoms with van der Waals surface area (Å²) in [6.07, 6.45) is 5.75. The molecule has 1 aromatic rings. The van der Waals surface area contributed by atoms with Crippen molar-refractivity contribution in [2.45, 2.75) is 26.2 Å². The van der Waals surface area contributed by atoms with Crippen LogP contribution in [0.3, 0.4) is 0 Å². The highest BCUT2D eigenvalue weighted by Gasteiger charge is 2.22. The number of allylic oxidation sites excluding steroid dienone is 4. The van der Waals surface area contributed by atoms with E-state index >= 15 is 0 Å². The Hall–Kier alpha value is -1.56. The lowest BCUT2D eigenvalue weighted by Gasteiger charge is -2.36. The maximum absolute atomic E-state index is 13.9. The average molecular weight is 441 g/mol. The number of hydrogen-bond donors (Lipinski definition) is 0. The molecule has 4 nitrogen and oxygen atoms in total. The summed E-state index contributed by atoms with van der Waals surface area (Å²) in [6.45, 7) is 5.20. The lowest BCUT2D eigenvalue weighted by Crippen LogP contribution is -2.49. The maximum atomic E-state index is 13.9. The summed E-state index contributed by atoms with van der Waals surface area (Å²) in [4.78, 5) is 16.3. The Balaban J connectivity index is 1.35. The van der Waals surface area contributed by atoms with Crippen LogP contribution in [0.1, 0.15) is 26.2 Å². The summed E-state index contributed by atoms with van der Waals surface area (Å²) in [5.74, 6) is 0.238. The van der Waals surface area contributed by atoms with Crippen LogP contribution in [0.5, 0.6) is 0 Å². The van der Waals surface area contributed by atoms with E-state index in [1.54, 1.807) is 6.07 Å². The fraction of sp³-hybridized carbons (Fsp3) is 0.500. The lowest BCUT2D eigenvalue weighted by molar-refractivity contribution is -0.136. The Morgan fingerprint density at radius 1 is 1.24 bits per heavy atom. The second kappa shape index (κ2) is 10.5. The van der Waals surface area contributed by atoms with Crippen LogP contribution < -0.4 is 4.90 Å². The fourth-order valence-corrected chi connectivity index (χ4v) is 4.15. The SMILES string of the molecule is CC1C=CC(CCCOCC(=O)N2CCN(c3ccc(Cl)cc3Cl)CC2)=C(F)C1. The molecule has 3 rings (SSSR count). The number of ether oxygens (including phenoxy) is 1. The smallest absolute Gasteiger partial charge is 0.248 e. The molecule has 158 valence electrons. The number of anilines is 1. The van der Waals surface area contributed by atoms with Crippen molar-refractivity contribution in [1.29, 1.82) is 0 Å². The summed E-state index contributed by atoms with van der Waals surface area (Å²) < 4.78 is 19.4. The van der Waals surface area contributed by atoms with E-state index in [1.165, 1.54) is 0 Å². The fourth-order valence-electron chi connectivity index (χ4n) is 3.62. The molecular weight excluding hydrogens is 414 g/mol. The first-order chi connectivity index (χ1) is 13.9. The van der Waals surface area contributed by atoms with Gasteiger partial charge in [0.2, 0.25) is 5.91 Å². The molecule has 1 amide bonds. The average Bonchev–Trinajstić information content (AvgIpc) is 2.69. The molecule has 0 saturated carbocycles. The van der Waals surface area contributed by atoms with Crippen LogP contribution in [0.25, 0.3) is 0 Å². The number of hydrogen-bond acceptors (Lipinski definition) is 3. The molecule has 0 radical (unpaired) electrons. The predicted molar refractivity (Wildman–Crippen MR) is 116 cm³/mol. The Labute approximate surface area is 181 Å². The second-order valence-corrected chi connectivity index (χ2v) is 8.43. The van der Waals surface area contributed by atoms with Gasteiger partial charge in [0.15, 0.2) is 0 Å². The molecule has 1 unspecified atom stereocenters. The van der Waals surface area contributed by atoms with E-state index in [-0.39, 0.29) is 24.3 Å². The Kier molecular flexibility index (Phi) is 7.99. The topological polar surface area (TPSA) is 32.8 Å². The molecule has 0 spiro atoms. The third-order valence-corrected chi connectivity index (χ3v) is 5.86. The molecule has 29 heavy (non-hydrogen) atoms. The molecule has 0 N–H and O–H groups in total. The number of halogens is 3. The quantitative estimate of drug-likeness (QED) is 0.542.